The molecule has 2 atom stereocenters. The van der Waals surface area contributed by atoms with Crippen molar-refractivity contribution in [3.63, 3.8) is 0 Å². The fourth-order valence-corrected chi connectivity index (χ4v) is 4.39. The molecule has 0 radical (unpaired) electrons. The first-order chi connectivity index (χ1) is 12.5. The summed E-state index contributed by atoms with van der Waals surface area (Å²) in [5.41, 5.74) is 0.362. The van der Waals surface area contributed by atoms with E-state index in [0.717, 1.165) is 31.8 Å². The van der Waals surface area contributed by atoms with Gasteiger partial charge in [0.25, 0.3) is 5.56 Å². The summed E-state index contributed by atoms with van der Waals surface area (Å²) in [6.07, 6.45) is 4.39. The van der Waals surface area contributed by atoms with Crippen molar-refractivity contribution >= 4 is 26.8 Å². The van der Waals surface area contributed by atoms with Crippen LogP contribution in [0.25, 0.3) is 10.9 Å². The monoisotopic (exact) mass is 423 g/mol. The molecule has 1 aromatic heterocycles. The van der Waals surface area contributed by atoms with Gasteiger partial charge in [0.15, 0.2) is 0 Å². The zero-order valence-corrected chi connectivity index (χ0v) is 17.4. The van der Waals surface area contributed by atoms with Crippen molar-refractivity contribution < 1.29 is 4.39 Å². The number of piperidine rings is 1. The largest absolute Gasteiger partial charge is 0.295 e. The number of halogens is 2. The van der Waals surface area contributed by atoms with Crippen LogP contribution in [0.3, 0.4) is 0 Å². The van der Waals surface area contributed by atoms with Gasteiger partial charge in [-0.1, -0.05) is 20.3 Å². The number of rotatable bonds is 5. The van der Waals surface area contributed by atoms with Crippen molar-refractivity contribution in [2.45, 2.75) is 59.0 Å². The predicted octanol–water partition coefficient (Wildman–Crippen LogP) is 4.89. The van der Waals surface area contributed by atoms with E-state index in [-0.39, 0.29) is 17.4 Å². The molecule has 3 rings (SSSR count). The molecule has 1 aliphatic heterocycles. The summed E-state index contributed by atoms with van der Waals surface area (Å²) >= 11 is 3.18. The Balaban J connectivity index is 2.16. The molecular formula is C20H27BrFN3O. The third kappa shape index (κ3) is 3.72. The second-order valence-electron chi connectivity index (χ2n) is 7.35. The lowest BCUT2D eigenvalue weighted by molar-refractivity contribution is 0.115. The maximum Gasteiger partial charge on any atom is 0.261 e. The van der Waals surface area contributed by atoms with Crippen LogP contribution < -0.4 is 5.56 Å². The first kappa shape index (κ1) is 19.5. The molecule has 0 N–H and O–H groups in total. The average molecular weight is 424 g/mol. The fourth-order valence-electron chi connectivity index (χ4n) is 4.05. The number of aromatic nitrogens is 2. The predicted molar refractivity (Wildman–Crippen MR) is 107 cm³/mol. The Kier molecular flexibility index (Phi) is 6.13. The summed E-state index contributed by atoms with van der Waals surface area (Å²) in [7, 11) is 0. The molecule has 0 unspecified atom stereocenters. The van der Waals surface area contributed by atoms with E-state index in [0.29, 0.717) is 27.8 Å². The third-order valence-electron chi connectivity index (χ3n) is 5.33. The van der Waals surface area contributed by atoms with Gasteiger partial charge in [-0.2, -0.15) is 0 Å². The first-order valence-corrected chi connectivity index (χ1v) is 10.4. The highest BCUT2D eigenvalue weighted by Gasteiger charge is 2.28. The molecule has 1 fully saturated rings. The van der Waals surface area contributed by atoms with Gasteiger partial charge in [0.1, 0.15) is 11.6 Å². The van der Waals surface area contributed by atoms with E-state index in [1.54, 1.807) is 10.6 Å². The zero-order valence-electron chi connectivity index (χ0n) is 15.8. The van der Waals surface area contributed by atoms with Gasteiger partial charge in [0.05, 0.1) is 21.4 Å². The van der Waals surface area contributed by atoms with Crippen LogP contribution >= 0.6 is 15.9 Å². The molecule has 2 heterocycles. The maximum absolute atomic E-state index is 14.0. The minimum atomic E-state index is -0.386. The molecule has 0 aliphatic carbocycles. The van der Waals surface area contributed by atoms with E-state index < -0.39 is 0 Å². The van der Waals surface area contributed by atoms with Crippen LogP contribution in [0.1, 0.15) is 58.3 Å². The van der Waals surface area contributed by atoms with Crippen molar-refractivity contribution in [1.29, 1.82) is 0 Å². The molecule has 2 aromatic rings. The van der Waals surface area contributed by atoms with Crippen molar-refractivity contribution in [3.8, 4) is 0 Å². The van der Waals surface area contributed by atoms with E-state index >= 15 is 0 Å². The summed E-state index contributed by atoms with van der Waals surface area (Å²) < 4.78 is 16.1. The lowest BCUT2D eigenvalue weighted by atomic mass is 9.97. The van der Waals surface area contributed by atoms with Gasteiger partial charge in [0, 0.05) is 19.2 Å². The highest BCUT2D eigenvalue weighted by molar-refractivity contribution is 9.10. The topological polar surface area (TPSA) is 38.1 Å². The molecule has 1 aromatic carbocycles. The van der Waals surface area contributed by atoms with Crippen LogP contribution in [0.2, 0.25) is 0 Å². The van der Waals surface area contributed by atoms with Crippen LogP contribution in [-0.4, -0.2) is 27.5 Å². The number of nitrogens with zero attached hydrogens (tertiary/aromatic N) is 3. The van der Waals surface area contributed by atoms with Crippen molar-refractivity contribution in [2.75, 3.05) is 13.1 Å². The molecule has 4 nitrogen and oxygen atoms in total. The standard InChI is InChI=1S/C20H27BrFN3O/c1-4-7-18(24-9-6-8-13(3)12-24)19-23-17-11-16(22)15(21)10-14(17)20(26)25(19)5-2/h10-11,13,18H,4-9,12H2,1-3H3/t13-,18+/m0/s1. The Bertz CT molecular complexity index is 851. The van der Waals surface area contributed by atoms with E-state index in [9.17, 15) is 9.18 Å². The normalized spacial score (nSPS) is 19.8. The summed E-state index contributed by atoms with van der Waals surface area (Å²) in [5.74, 6) is 1.05. The summed E-state index contributed by atoms with van der Waals surface area (Å²) in [6, 6.07) is 3.02. The molecule has 142 valence electrons. The van der Waals surface area contributed by atoms with Gasteiger partial charge in [-0.05, 0) is 60.6 Å². The average Bonchev–Trinajstić information content (AvgIpc) is 2.61. The van der Waals surface area contributed by atoms with Crippen LogP contribution in [0, 0.1) is 11.7 Å². The minimum absolute atomic E-state index is 0.0839. The molecular weight excluding hydrogens is 397 g/mol. The Labute approximate surface area is 162 Å². The molecule has 0 amide bonds. The van der Waals surface area contributed by atoms with Gasteiger partial charge in [-0.25, -0.2) is 9.37 Å². The second-order valence-corrected chi connectivity index (χ2v) is 8.20. The smallest absolute Gasteiger partial charge is 0.261 e. The molecule has 1 aliphatic rings. The number of benzene rings is 1. The van der Waals surface area contributed by atoms with Crippen LogP contribution in [0.5, 0.6) is 0 Å². The molecule has 1 saturated heterocycles. The van der Waals surface area contributed by atoms with Crippen LogP contribution in [0.4, 0.5) is 4.39 Å². The third-order valence-corrected chi connectivity index (χ3v) is 5.94. The van der Waals surface area contributed by atoms with E-state index in [1.165, 1.54) is 18.9 Å². The van der Waals surface area contributed by atoms with Gasteiger partial charge < -0.3 is 0 Å². The van der Waals surface area contributed by atoms with Crippen molar-refractivity contribution in [2.24, 2.45) is 5.92 Å². The summed E-state index contributed by atoms with van der Waals surface area (Å²) in [6.45, 7) is 9.03. The Morgan fingerprint density at radius 2 is 2.15 bits per heavy atom. The first-order valence-electron chi connectivity index (χ1n) is 9.59. The number of fused-ring (bicyclic) bond motifs is 1. The SMILES string of the molecule is CCC[C@H](c1nc2cc(F)c(Br)cc2c(=O)n1CC)N1CCC[C@H](C)C1. The van der Waals surface area contributed by atoms with Crippen molar-refractivity contribution in [3.05, 3.63) is 38.6 Å². The lowest BCUT2D eigenvalue weighted by Gasteiger charge is -2.37. The highest BCUT2D eigenvalue weighted by Crippen LogP contribution is 2.30. The molecule has 26 heavy (non-hydrogen) atoms. The summed E-state index contributed by atoms with van der Waals surface area (Å²) in [5, 5.41) is 0.464. The number of hydrogen-bond acceptors (Lipinski definition) is 3. The minimum Gasteiger partial charge on any atom is -0.295 e. The van der Waals surface area contributed by atoms with Gasteiger partial charge in [-0.3, -0.25) is 14.3 Å². The van der Waals surface area contributed by atoms with Gasteiger partial charge >= 0.3 is 0 Å². The van der Waals surface area contributed by atoms with E-state index in [4.69, 9.17) is 4.98 Å². The van der Waals surface area contributed by atoms with Gasteiger partial charge in [-0.15, -0.1) is 0 Å². The number of hydrogen-bond donors (Lipinski definition) is 0. The molecule has 0 spiro atoms. The number of likely N-dealkylation sites (tertiary alicyclic amines) is 1. The van der Waals surface area contributed by atoms with Crippen LogP contribution in [-0.2, 0) is 6.54 Å². The van der Waals surface area contributed by atoms with Crippen LogP contribution in [0.15, 0.2) is 21.4 Å². The zero-order chi connectivity index (χ0) is 18.8. The Morgan fingerprint density at radius 3 is 2.81 bits per heavy atom. The maximum atomic E-state index is 14.0. The Hall–Kier alpha value is -1.27. The summed E-state index contributed by atoms with van der Waals surface area (Å²) in [4.78, 5) is 20.3. The molecule has 0 bridgehead atoms. The highest BCUT2D eigenvalue weighted by atomic mass is 79.9. The quantitative estimate of drug-likeness (QED) is 0.686. The fraction of sp³-hybridized carbons (Fsp3) is 0.600. The lowest BCUT2D eigenvalue weighted by Crippen LogP contribution is -2.40. The van der Waals surface area contributed by atoms with E-state index in [1.807, 2.05) is 6.92 Å². The van der Waals surface area contributed by atoms with Crippen molar-refractivity contribution in [1.82, 2.24) is 14.5 Å². The van der Waals surface area contributed by atoms with E-state index in [2.05, 4.69) is 34.7 Å². The molecule has 0 saturated carbocycles. The Morgan fingerprint density at radius 1 is 1.38 bits per heavy atom. The second kappa shape index (κ2) is 8.17. The molecule has 6 heteroatoms. The van der Waals surface area contributed by atoms with Gasteiger partial charge in [0.2, 0.25) is 0 Å².